The number of carbonyl (C=O) groups is 1. The second kappa shape index (κ2) is 6.00. The van der Waals surface area contributed by atoms with Crippen molar-refractivity contribution in [2.75, 3.05) is 39.4 Å². The van der Waals surface area contributed by atoms with E-state index in [0.29, 0.717) is 31.7 Å². The molecular formula is C15H26N2O3. The quantitative estimate of drug-likeness (QED) is 0.764. The number of piperidine rings is 2. The first kappa shape index (κ1) is 14.3. The van der Waals surface area contributed by atoms with Gasteiger partial charge in [-0.2, -0.15) is 0 Å². The van der Waals surface area contributed by atoms with E-state index < -0.39 is 0 Å². The van der Waals surface area contributed by atoms with Crippen molar-refractivity contribution in [2.24, 2.45) is 0 Å². The van der Waals surface area contributed by atoms with Gasteiger partial charge in [-0.05, 0) is 26.2 Å². The zero-order chi connectivity index (χ0) is 14.0. The van der Waals surface area contributed by atoms with Gasteiger partial charge in [-0.15, -0.1) is 0 Å². The summed E-state index contributed by atoms with van der Waals surface area (Å²) in [6.45, 7) is 6.88. The van der Waals surface area contributed by atoms with Gasteiger partial charge in [0.15, 0.2) is 5.79 Å². The van der Waals surface area contributed by atoms with Crippen LogP contribution in [0.5, 0.6) is 0 Å². The molecule has 0 N–H and O–H groups in total. The van der Waals surface area contributed by atoms with Crippen molar-refractivity contribution in [1.82, 2.24) is 9.80 Å². The van der Waals surface area contributed by atoms with Gasteiger partial charge in [-0.25, -0.2) is 0 Å². The highest BCUT2D eigenvalue weighted by Gasteiger charge is 2.40. The summed E-state index contributed by atoms with van der Waals surface area (Å²) < 4.78 is 11.4. The lowest BCUT2D eigenvalue weighted by atomic mass is 10.0. The highest BCUT2D eigenvalue weighted by Crippen LogP contribution is 2.31. The molecule has 0 aromatic heterocycles. The van der Waals surface area contributed by atoms with Crippen molar-refractivity contribution in [1.29, 1.82) is 0 Å². The van der Waals surface area contributed by atoms with Crippen LogP contribution in [-0.4, -0.2) is 66.9 Å². The summed E-state index contributed by atoms with van der Waals surface area (Å²) in [6.07, 6.45) is 5.33. The van der Waals surface area contributed by atoms with E-state index in [1.54, 1.807) is 0 Å². The first-order chi connectivity index (χ1) is 9.69. The number of hydrogen-bond acceptors (Lipinski definition) is 4. The zero-order valence-electron chi connectivity index (χ0n) is 12.5. The van der Waals surface area contributed by atoms with Crippen molar-refractivity contribution < 1.29 is 14.3 Å². The van der Waals surface area contributed by atoms with E-state index in [4.69, 9.17) is 9.47 Å². The maximum Gasteiger partial charge on any atom is 0.236 e. The lowest BCUT2D eigenvalue weighted by molar-refractivity contribution is -0.186. The van der Waals surface area contributed by atoms with Gasteiger partial charge in [-0.3, -0.25) is 9.69 Å². The standard InChI is InChI=1S/C15H26N2O3/c1-13-4-2-3-7-17(13)14(18)12-16-8-5-15(6-9-16)19-10-11-20-15/h13H,2-12H2,1H3. The minimum absolute atomic E-state index is 0.293. The largest absolute Gasteiger partial charge is 0.347 e. The fraction of sp³-hybridized carbons (Fsp3) is 0.933. The topological polar surface area (TPSA) is 42.0 Å². The second-order valence-corrected chi connectivity index (χ2v) is 6.32. The number of amides is 1. The highest BCUT2D eigenvalue weighted by molar-refractivity contribution is 5.78. The van der Waals surface area contributed by atoms with Crippen LogP contribution < -0.4 is 0 Å². The molecule has 1 amide bonds. The Hall–Kier alpha value is -0.650. The molecule has 0 aliphatic carbocycles. The van der Waals surface area contributed by atoms with Gasteiger partial charge in [-0.1, -0.05) is 0 Å². The number of hydrogen-bond donors (Lipinski definition) is 0. The number of nitrogens with zero attached hydrogens (tertiary/aromatic N) is 2. The van der Waals surface area contributed by atoms with Crippen molar-refractivity contribution in [2.45, 2.75) is 50.9 Å². The van der Waals surface area contributed by atoms with Crippen LogP contribution in [0, 0.1) is 0 Å². The molecular weight excluding hydrogens is 256 g/mol. The molecule has 1 unspecified atom stereocenters. The van der Waals surface area contributed by atoms with Crippen LogP contribution >= 0.6 is 0 Å². The van der Waals surface area contributed by atoms with E-state index >= 15 is 0 Å². The predicted octanol–water partition coefficient (Wildman–Crippen LogP) is 1.23. The smallest absolute Gasteiger partial charge is 0.236 e. The molecule has 3 heterocycles. The van der Waals surface area contributed by atoms with Crippen LogP contribution in [0.2, 0.25) is 0 Å². The monoisotopic (exact) mass is 282 g/mol. The van der Waals surface area contributed by atoms with E-state index in [-0.39, 0.29) is 5.79 Å². The van der Waals surface area contributed by atoms with Crippen LogP contribution in [0.25, 0.3) is 0 Å². The zero-order valence-corrected chi connectivity index (χ0v) is 12.5. The predicted molar refractivity (Wildman–Crippen MR) is 75.3 cm³/mol. The van der Waals surface area contributed by atoms with E-state index in [9.17, 15) is 4.79 Å². The summed E-state index contributed by atoms with van der Waals surface area (Å²) in [5.74, 6) is -0.0424. The van der Waals surface area contributed by atoms with Crippen molar-refractivity contribution >= 4 is 5.91 Å². The van der Waals surface area contributed by atoms with Crippen LogP contribution in [0.15, 0.2) is 0 Å². The molecule has 5 nitrogen and oxygen atoms in total. The van der Waals surface area contributed by atoms with E-state index in [1.807, 2.05) is 0 Å². The van der Waals surface area contributed by atoms with Crippen LogP contribution in [-0.2, 0) is 14.3 Å². The lowest BCUT2D eigenvalue weighted by Crippen LogP contribution is -2.51. The Morgan fingerprint density at radius 3 is 2.50 bits per heavy atom. The molecule has 0 saturated carbocycles. The fourth-order valence-electron chi connectivity index (χ4n) is 3.59. The molecule has 3 saturated heterocycles. The molecule has 0 bridgehead atoms. The first-order valence-electron chi connectivity index (χ1n) is 7.98. The average Bonchev–Trinajstić information content (AvgIpc) is 2.90. The Bertz CT molecular complexity index is 345. The summed E-state index contributed by atoms with van der Waals surface area (Å²) >= 11 is 0. The Balaban J connectivity index is 1.48. The van der Waals surface area contributed by atoms with Gasteiger partial charge in [0.1, 0.15) is 0 Å². The average molecular weight is 282 g/mol. The Labute approximate surface area is 121 Å². The molecule has 1 spiro atoms. The molecule has 5 heteroatoms. The first-order valence-corrected chi connectivity index (χ1v) is 7.98. The number of rotatable bonds is 2. The molecule has 3 aliphatic heterocycles. The molecule has 3 rings (SSSR count). The summed E-state index contributed by atoms with van der Waals surface area (Å²) in [4.78, 5) is 16.7. The Morgan fingerprint density at radius 2 is 1.85 bits per heavy atom. The maximum atomic E-state index is 12.4. The Morgan fingerprint density at radius 1 is 1.15 bits per heavy atom. The summed E-state index contributed by atoms with van der Waals surface area (Å²) in [5.41, 5.74) is 0. The van der Waals surface area contributed by atoms with Crippen molar-refractivity contribution in [3.63, 3.8) is 0 Å². The maximum absolute atomic E-state index is 12.4. The number of ether oxygens (including phenoxy) is 2. The molecule has 1 atom stereocenters. The van der Waals surface area contributed by atoms with Gasteiger partial charge < -0.3 is 14.4 Å². The van der Waals surface area contributed by atoms with Crippen LogP contribution in [0.1, 0.15) is 39.0 Å². The summed E-state index contributed by atoms with van der Waals surface area (Å²) in [5, 5.41) is 0. The van der Waals surface area contributed by atoms with Gasteiger partial charge in [0.25, 0.3) is 0 Å². The van der Waals surface area contributed by atoms with E-state index in [1.165, 1.54) is 6.42 Å². The SMILES string of the molecule is CC1CCCCN1C(=O)CN1CCC2(CC1)OCCO2. The third kappa shape index (κ3) is 3.00. The van der Waals surface area contributed by atoms with Crippen molar-refractivity contribution in [3.05, 3.63) is 0 Å². The van der Waals surface area contributed by atoms with Gasteiger partial charge in [0, 0.05) is 38.5 Å². The molecule has 0 radical (unpaired) electrons. The second-order valence-electron chi connectivity index (χ2n) is 6.32. The van der Waals surface area contributed by atoms with Gasteiger partial charge in [0.2, 0.25) is 5.91 Å². The van der Waals surface area contributed by atoms with Crippen LogP contribution in [0.3, 0.4) is 0 Å². The van der Waals surface area contributed by atoms with E-state index in [0.717, 1.165) is 45.3 Å². The third-order valence-electron chi connectivity index (χ3n) is 4.91. The molecule has 3 aliphatic rings. The Kier molecular flexibility index (Phi) is 4.29. The highest BCUT2D eigenvalue weighted by atomic mass is 16.7. The minimum atomic E-state index is -0.335. The summed E-state index contributed by atoms with van der Waals surface area (Å²) in [6, 6.07) is 0.411. The molecule has 114 valence electrons. The molecule has 3 fully saturated rings. The van der Waals surface area contributed by atoms with Crippen molar-refractivity contribution in [3.8, 4) is 0 Å². The third-order valence-corrected chi connectivity index (χ3v) is 4.91. The normalized spacial score (nSPS) is 30.9. The molecule has 0 aromatic rings. The van der Waals surface area contributed by atoms with Gasteiger partial charge >= 0.3 is 0 Å². The summed E-state index contributed by atoms with van der Waals surface area (Å²) in [7, 11) is 0. The number of likely N-dealkylation sites (tertiary alicyclic amines) is 2. The van der Waals surface area contributed by atoms with Gasteiger partial charge in [0.05, 0.1) is 19.8 Å². The molecule has 0 aromatic carbocycles. The van der Waals surface area contributed by atoms with E-state index in [2.05, 4.69) is 16.7 Å². The fourth-order valence-corrected chi connectivity index (χ4v) is 3.59. The number of carbonyl (C=O) groups excluding carboxylic acids is 1. The minimum Gasteiger partial charge on any atom is -0.347 e. The molecule has 20 heavy (non-hydrogen) atoms. The van der Waals surface area contributed by atoms with Crippen LogP contribution in [0.4, 0.5) is 0 Å². The lowest BCUT2D eigenvalue weighted by Gasteiger charge is -2.39.